The maximum absolute atomic E-state index is 4.35. The molecule has 0 spiro atoms. The summed E-state index contributed by atoms with van der Waals surface area (Å²) in [6.45, 7) is 9.25. The van der Waals surface area contributed by atoms with Crippen molar-refractivity contribution >= 4 is 0 Å². The van der Waals surface area contributed by atoms with Gasteiger partial charge in [-0.3, -0.25) is 0 Å². The van der Waals surface area contributed by atoms with Crippen LogP contribution in [0.1, 0.15) is 51.9 Å². The summed E-state index contributed by atoms with van der Waals surface area (Å²) in [5.41, 5.74) is 1.46. The predicted octanol–water partition coefficient (Wildman–Crippen LogP) is 3.81. The van der Waals surface area contributed by atoms with Crippen molar-refractivity contribution in [3.8, 4) is 0 Å². The fourth-order valence-corrected chi connectivity index (χ4v) is 2.99. The standard InChI is InChI=1S/C14H25N/c1-12-8-10-15(11-9-12)13(2)14-6-4-3-5-7-14/h12,14H,2-11H2,1H3. The third-order valence-electron chi connectivity index (χ3n) is 4.27. The molecule has 1 heteroatoms. The van der Waals surface area contributed by atoms with Gasteiger partial charge in [0.15, 0.2) is 0 Å². The maximum Gasteiger partial charge on any atom is 0.0177 e. The van der Waals surface area contributed by atoms with Gasteiger partial charge >= 0.3 is 0 Å². The zero-order valence-corrected chi connectivity index (χ0v) is 10.2. The number of piperidine rings is 1. The Morgan fingerprint density at radius 3 is 2.20 bits per heavy atom. The fraction of sp³-hybridized carbons (Fsp3) is 0.857. The second-order valence-corrected chi connectivity index (χ2v) is 5.50. The van der Waals surface area contributed by atoms with Crippen molar-refractivity contribution < 1.29 is 0 Å². The lowest BCUT2D eigenvalue weighted by atomic mass is 9.86. The lowest BCUT2D eigenvalue weighted by molar-refractivity contribution is 0.203. The molecule has 0 aromatic rings. The summed E-state index contributed by atoms with van der Waals surface area (Å²) in [5, 5.41) is 0. The molecule has 0 atom stereocenters. The predicted molar refractivity (Wildman–Crippen MR) is 65.7 cm³/mol. The van der Waals surface area contributed by atoms with E-state index in [4.69, 9.17) is 0 Å². The number of nitrogens with zero attached hydrogens (tertiary/aromatic N) is 1. The average Bonchev–Trinajstić information content (AvgIpc) is 2.30. The van der Waals surface area contributed by atoms with Gasteiger partial charge in [-0.1, -0.05) is 32.8 Å². The minimum Gasteiger partial charge on any atom is -0.375 e. The normalized spacial score (nSPS) is 25.5. The van der Waals surface area contributed by atoms with Crippen molar-refractivity contribution in [1.29, 1.82) is 0 Å². The van der Waals surface area contributed by atoms with Gasteiger partial charge in [-0.25, -0.2) is 0 Å². The summed E-state index contributed by atoms with van der Waals surface area (Å²) in [5.74, 6) is 1.74. The van der Waals surface area contributed by atoms with E-state index in [1.165, 1.54) is 63.7 Å². The van der Waals surface area contributed by atoms with Gasteiger partial charge in [0.1, 0.15) is 0 Å². The van der Waals surface area contributed by atoms with E-state index in [1.54, 1.807) is 0 Å². The molecule has 1 aliphatic carbocycles. The molecule has 86 valence electrons. The SMILES string of the molecule is C=C(C1CCCCC1)N1CCC(C)CC1. The Hall–Kier alpha value is -0.460. The molecule has 1 aliphatic heterocycles. The topological polar surface area (TPSA) is 3.24 Å². The maximum atomic E-state index is 4.35. The quantitative estimate of drug-likeness (QED) is 0.665. The molecule has 0 bridgehead atoms. The van der Waals surface area contributed by atoms with Crippen molar-refractivity contribution in [1.82, 2.24) is 4.90 Å². The van der Waals surface area contributed by atoms with Gasteiger partial charge < -0.3 is 4.90 Å². The average molecular weight is 207 g/mol. The molecule has 0 aromatic carbocycles. The Morgan fingerprint density at radius 1 is 1.00 bits per heavy atom. The van der Waals surface area contributed by atoms with Crippen LogP contribution in [0.3, 0.4) is 0 Å². The molecule has 15 heavy (non-hydrogen) atoms. The molecule has 1 saturated heterocycles. The van der Waals surface area contributed by atoms with Gasteiger partial charge in [-0.15, -0.1) is 0 Å². The molecular formula is C14H25N. The summed E-state index contributed by atoms with van der Waals surface area (Å²) < 4.78 is 0. The summed E-state index contributed by atoms with van der Waals surface area (Å²) in [4.78, 5) is 2.57. The van der Waals surface area contributed by atoms with Gasteiger partial charge in [0.25, 0.3) is 0 Å². The molecule has 0 amide bonds. The van der Waals surface area contributed by atoms with Crippen LogP contribution in [0.4, 0.5) is 0 Å². The molecule has 1 saturated carbocycles. The highest BCUT2D eigenvalue weighted by atomic mass is 15.1. The third kappa shape index (κ3) is 2.76. The molecule has 0 radical (unpaired) electrons. The summed E-state index contributed by atoms with van der Waals surface area (Å²) >= 11 is 0. The highest BCUT2D eigenvalue weighted by Gasteiger charge is 2.23. The zero-order valence-electron chi connectivity index (χ0n) is 10.2. The minimum atomic E-state index is 0.812. The van der Waals surface area contributed by atoms with Crippen LogP contribution >= 0.6 is 0 Å². The van der Waals surface area contributed by atoms with Gasteiger partial charge in [0.2, 0.25) is 0 Å². The van der Waals surface area contributed by atoms with E-state index in [1.807, 2.05) is 0 Å². The Morgan fingerprint density at radius 2 is 1.60 bits per heavy atom. The van der Waals surface area contributed by atoms with Crippen molar-refractivity contribution in [3.05, 3.63) is 12.3 Å². The Labute approximate surface area is 94.5 Å². The van der Waals surface area contributed by atoms with Gasteiger partial charge in [0, 0.05) is 18.8 Å². The first-order valence-electron chi connectivity index (χ1n) is 6.71. The summed E-state index contributed by atoms with van der Waals surface area (Å²) in [6.07, 6.45) is 9.82. The van der Waals surface area contributed by atoms with Crippen molar-refractivity contribution in [3.63, 3.8) is 0 Å². The van der Waals surface area contributed by atoms with Crippen LogP contribution in [-0.2, 0) is 0 Å². The van der Waals surface area contributed by atoms with E-state index >= 15 is 0 Å². The third-order valence-corrected chi connectivity index (χ3v) is 4.27. The molecule has 1 nitrogen and oxygen atoms in total. The van der Waals surface area contributed by atoms with Crippen molar-refractivity contribution in [2.24, 2.45) is 11.8 Å². The van der Waals surface area contributed by atoms with Crippen LogP contribution in [0.5, 0.6) is 0 Å². The van der Waals surface area contributed by atoms with Crippen LogP contribution in [0.25, 0.3) is 0 Å². The largest absolute Gasteiger partial charge is 0.375 e. The van der Waals surface area contributed by atoms with Crippen molar-refractivity contribution in [2.45, 2.75) is 51.9 Å². The monoisotopic (exact) mass is 207 g/mol. The summed E-state index contributed by atoms with van der Waals surface area (Å²) in [7, 11) is 0. The van der Waals surface area contributed by atoms with E-state index in [2.05, 4.69) is 18.4 Å². The molecule has 1 heterocycles. The van der Waals surface area contributed by atoms with E-state index in [0.717, 1.165) is 11.8 Å². The highest BCUT2D eigenvalue weighted by molar-refractivity contribution is 5.02. The van der Waals surface area contributed by atoms with Crippen LogP contribution in [0.2, 0.25) is 0 Å². The fourth-order valence-electron chi connectivity index (χ4n) is 2.99. The minimum absolute atomic E-state index is 0.812. The second-order valence-electron chi connectivity index (χ2n) is 5.50. The van der Waals surface area contributed by atoms with Gasteiger partial charge in [-0.2, -0.15) is 0 Å². The van der Waals surface area contributed by atoms with Crippen LogP contribution < -0.4 is 0 Å². The Kier molecular flexibility index (Phi) is 3.71. The first-order valence-corrected chi connectivity index (χ1v) is 6.71. The van der Waals surface area contributed by atoms with E-state index in [0.29, 0.717) is 0 Å². The number of likely N-dealkylation sites (tertiary alicyclic amines) is 1. The first kappa shape index (κ1) is 11.0. The van der Waals surface area contributed by atoms with Crippen LogP contribution in [0, 0.1) is 11.8 Å². The molecule has 2 aliphatic rings. The Balaban J connectivity index is 1.84. The number of rotatable bonds is 2. The summed E-state index contributed by atoms with van der Waals surface area (Å²) in [6, 6.07) is 0. The van der Waals surface area contributed by atoms with Crippen LogP contribution in [-0.4, -0.2) is 18.0 Å². The van der Waals surface area contributed by atoms with E-state index < -0.39 is 0 Å². The number of allylic oxidation sites excluding steroid dienone is 1. The molecule has 0 aromatic heterocycles. The van der Waals surface area contributed by atoms with Gasteiger partial charge in [-0.05, 0) is 37.5 Å². The lowest BCUT2D eigenvalue weighted by Crippen LogP contribution is -2.34. The smallest absolute Gasteiger partial charge is 0.0177 e. The first-order chi connectivity index (χ1) is 7.27. The molecular weight excluding hydrogens is 182 g/mol. The highest BCUT2D eigenvalue weighted by Crippen LogP contribution is 2.32. The van der Waals surface area contributed by atoms with E-state index in [-0.39, 0.29) is 0 Å². The van der Waals surface area contributed by atoms with E-state index in [9.17, 15) is 0 Å². The molecule has 0 N–H and O–H groups in total. The molecule has 0 unspecified atom stereocenters. The lowest BCUT2D eigenvalue weighted by Gasteiger charge is -2.37. The van der Waals surface area contributed by atoms with Gasteiger partial charge in [0.05, 0.1) is 0 Å². The Bertz CT molecular complexity index is 207. The molecule has 2 rings (SSSR count). The molecule has 2 fully saturated rings. The zero-order chi connectivity index (χ0) is 10.7. The second kappa shape index (κ2) is 5.05. The number of hydrogen-bond donors (Lipinski definition) is 0. The van der Waals surface area contributed by atoms with Crippen molar-refractivity contribution in [2.75, 3.05) is 13.1 Å². The number of hydrogen-bond acceptors (Lipinski definition) is 1. The van der Waals surface area contributed by atoms with Crippen LogP contribution in [0.15, 0.2) is 12.3 Å².